The van der Waals surface area contributed by atoms with Crippen LogP contribution < -0.4 is 0 Å². The summed E-state index contributed by atoms with van der Waals surface area (Å²) in [7, 11) is 3.42. The van der Waals surface area contributed by atoms with Crippen molar-refractivity contribution >= 4 is 30.0 Å². The Kier molecular flexibility index (Phi) is 5.67. The topological polar surface area (TPSA) is 89.4 Å². The maximum absolute atomic E-state index is 12.7. The van der Waals surface area contributed by atoms with Crippen LogP contribution in [0.3, 0.4) is 0 Å². The van der Waals surface area contributed by atoms with Gasteiger partial charge in [0.05, 0.1) is 6.33 Å². The number of carbonyl (C=O) groups is 1. The summed E-state index contributed by atoms with van der Waals surface area (Å²) in [5.74, 6) is 2.08. The van der Waals surface area contributed by atoms with Crippen molar-refractivity contribution in [2.45, 2.75) is 31.7 Å². The molecule has 156 valence electrons. The Bertz CT molecular complexity index is 1070. The summed E-state index contributed by atoms with van der Waals surface area (Å²) in [6.07, 6.45) is 4.57. The number of aryl methyl sites for hydroxylation is 1. The third kappa shape index (κ3) is 4.14. The first-order valence-corrected chi connectivity index (χ1v) is 10.1. The van der Waals surface area contributed by atoms with Crippen LogP contribution in [0.4, 0.5) is 5.82 Å². The molecular formula is C21H23ClN6O2. The SMILES string of the molecule is C=Nc1ncn(C)c1C(=O)N(C)Cc1nc(C2CC(Cc3cccc(Cl)c3)C2)no1. The third-order valence-electron chi connectivity index (χ3n) is 5.49. The molecule has 0 saturated heterocycles. The zero-order valence-electron chi connectivity index (χ0n) is 17.0. The summed E-state index contributed by atoms with van der Waals surface area (Å²) in [4.78, 5) is 26.6. The number of hydrogen-bond donors (Lipinski definition) is 0. The van der Waals surface area contributed by atoms with Gasteiger partial charge in [-0.3, -0.25) is 4.79 Å². The first kappa shape index (κ1) is 20.3. The van der Waals surface area contributed by atoms with E-state index in [1.807, 2.05) is 18.2 Å². The molecule has 1 aliphatic carbocycles. The standard InChI is InChI=1S/C21H23ClN6O2/c1-23-20-18(28(3)12-24-20)21(29)27(2)11-17-25-19(26-30-17)15-8-14(9-15)7-13-5-4-6-16(22)10-13/h4-6,10,12,14-15H,1,7-9,11H2,2-3H3. The average Bonchev–Trinajstić information content (AvgIpc) is 3.30. The number of benzene rings is 1. The number of aromatic nitrogens is 4. The van der Waals surface area contributed by atoms with Crippen LogP contribution in [-0.4, -0.2) is 44.3 Å². The number of nitrogens with zero attached hydrogens (tertiary/aromatic N) is 6. The van der Waals surface area contributed by atoms with Crippen molar-refractivity contribution in [3.05, 3.63) is 58.6 Å². The van der Waals surface area contributed by atoms with Gasteiger partial charge in [0.1, 0.15) is 6.54 Å². The Morgan fingerprint density at radius 3 is 2.97 bits per heavy atom. The van der Waals surface area contributed by atoms with Crippen LogP contribution in [-0.2, 0) is 20.0 Å². The normalized spacial score (nSPS) is 18.1. The molecule has 3 aromatic rings. The van der Waals surface area contributed by atoms with E-state index in [0.29, 0.717) is 35.1 Å². The van der Waals surface area contributed by atoms with Crippen LogP contribution >= 0.6 is 11.6 Å². The lowest BCUT2D eigenvalue weighted by Crippen LogP contribution is -2.28. The first-order chi connectivity index (χ1) is 14.4. The van der Waals surface area contributed by atoms with Gasteiger partial charge in [0.2, 0.25) is 5.89 Å². The predicted molar refractivity (Wildman–Crippen MR) is 113 cm³/mol. The Morgan fingerprint density at radius 2 is 2.23 bits per heavy atom. The van der Waals surface area contributed by atoms with Gasteiger partial charge < -0.3 is 14.0 Å². The number of amides is 1. The molecule has 30 heavy (non-hydrogen) atoms. The zero-order chi connectivity index (χ0) is 21.3. The van der Waals surface area contributed by atoms with Crippen molar-refractivity contribution in [1.29, 1.82) is 0 Å². The molecule has 0 bridgehead atoms. The smallest absolute Gasteiger partial charge is 0.274 e. The Morgan fingerprint density at radius 1 is 1.43 bits per heavy atom. The summed E-state index contributed by atoms with van der Waals surface area (Å²) in [6.45, 7) is 3.68. The quantitative estimate of drug-likeness (QED) is 0.536. The van der Waals surface area contributed by atoms with Crippen molar-refractivity contribution in [2.75, 3.05) is 7.05 Å². The molecule has 0 radical (unpaired) electrons. The molecule has 0 unspecified atom stereocenters. The van der Waals surface area contributed by atoms with E-state index in [-0.39, 0.29) is 12.5 Å². The fourth-order valence-corrected chi connectivity index (χ4v) is 4.06. The number of halogens is 1. The van der Waals surface area contributed by atoms with Gasteiger partial charge in [-0.1, -0.05) is 28.9 Å². The molecule has 2 aromatic heterocycles. The number of rotatable bonds is 7. The van der Waals surface area contributed by atoms with Crippen molar-refractivity contribution in [1.82, 2.24) is 24.6 Å². The van der Waals surface area contributed by atoms with Crippen molar-refractivity contribution in [2.24, 2.45) is 18.0 Å². The molecule has 1 amide bonds. The van der Waals surface area contributed by atoms with E-state index in [1.54, 1.807) is 18.7 Å². The van der Waals surface area contributed by atoms with Gasteiger partial charge in [-0.05, 0) is 49.6 Å². The van der Waals surface area contributed by atoms with Crippen LogP contribution in [0, 0.1) is 5.92 Å². The van der Waals surface area contributed by atoms with Gasteiger partial charge in [-0.15, -0.1) is 0 Å². The average molecular weight is 427 g/mol. The van der Waals surface area contributed by atoms with Crippen LogP contribution in [0.5, 0.6) is 0 Å². The van der Waals surface area contributed by atoms with Crippen molar-refractivity contribution in [3.8, 4) is 0 Å². The molecular weight excluding hydrogens is 404 g/mol. The molecule has 0 aliphatic heterocycles. The van der Waals surface area contributed by atoms with E-state index in [1.165, 1.54) is 16.8 Å². The highest BCUT2D eigenvalue weighted by Crippen LogP contribution is 2.42. The van der Waals surface area contributed by atoms with E-state index in [4.69, 9.17) is 16.1 Å². The van der Waals surface area contributed by atoms with Crippen molar-refractivity contribution < 1.29 is 9.32 Å². The molecule has 0 atom stereocenters. The fraction of sp³-hybridized carbons (Fsp3) is 0.381. The summed E-state index contributed by atoms with van der Waals surface area (Å²) in [6, 6.07) is 7.99. The highest BCUT2D eigenvalue weighted by molar-refractivity contribution is 6.30. The molecule has 1 aliphatic rings. The lowest BCUT2D eigenvalue weighted by Gasteiger charge is -2.33. The molecule has 1 fully saturated rings. The number of hydrogen-bond acceptors (Lipinski definition) is 6. The minimum Gasteiger partial charge on any atom is -0.337 e. The second-order valence-corrected chi connectivity index (χ2v) is 8.20. The number of carbonyl (C=O) groups excluding carboxylic acids is 1. The molecule has 1 saturated carbocycles. The summed E-state index contributed by atoms with van der Waals surface area (Å²) in [5, 5.41) is 4.90. The largest absolute Gasteiger partial charge is 0.337 e. The Labute approximate surface area is 179 Å². The van der Waals surface area contributed by atoms with Gasteiger partial charge in [0.15, 0.2) is 17.3 Å². The lowest BCUT2D eigenvalue weighted by atomic mass is 9.72. The fourth-order valence-electron chi connectivity index (χ4n) is 3.84. The van der Waals surface area contributed by atoms with Crippen molar-refractivity contribution in [3.63, 3.8) is 0 Å². The van der Waals surface area contributed by atoms with Crippen LogP contribution in [0.1, 0.15) is 46.5 Å². The van der Waals surface area contributed by atoms with E-state index in [0.717, 1.165) is 24.3 Å². The molecule has 9 heteroatoms. The summed E-state index contributed by atoms with van der Waals surface area (Å²) >= 11 is 6.07. The highest BCUT2D eigenvalue weighted by Gasteiger charge is 2.34. The molecule has 0 spiro atoms. The molecule has 4 rings (SSSR count). The van der Waals surface area contributed by atoms with Crippen LogP contribution in [0.15, 0.2) is 40.1 Å². The number of imidazole rings is 1. The van der Waals surface area contributed by atoms with Gasteiger partial charge >= 0.3 is 0 Å². The summed E-state index contributed by atoms with van der Waals surface area (Å²) in [5.41, 5.74) is 1.62. The van der Waals surface area contributed by atoms with Crippen LogP contribution in [0.2, 0.25) is 5.02 Å². The minimum absolute atomic E-state index is 0.215. The van der Waals surface area contributed by atoms with Gasteiger partial charge in [-0.25, -0.2) is 9.98 Å². The molecule has 2 heterocycles. The maximum atomic E-state index is 12.7. The molecule has 8 nitrogen and oxygen atoms in total. The Balaban J connectivity index is 1.33. The summed E-state index contributed by atoms with van der Waals surface area (Å²) < 4.78 is 7.01. The maximum Gasteiger partial charge on any atom is 0.274 e. The van der Waals surface area contributed by atoms with Gasteiger partial charge in [-0.2, -0.15) is 4.98 Å². The number of aliphatic imine (C=N–C) groups is 1. The van der Waals surface area contributed by atoms with E-state index in [9.17, 15) is 4.79 Å². The minimum atomic E-state index is -0.234. The van der Waals surface area contributed by atoms with E-state index in [2.05, 4.69) is 32.9 Å². The second-order valence-electron chi connectivity index (χ2n) is 7.76. The second kappa shape index (κ2) is 8.39. The zero-order valence-corrected chi connectivity index (χ0v) is 17.7. The first-order valence-electron chi connectivity index (χ1n) is 9.75. The lowest BCUT2D eigenvalue weighted by molar-refractivity contribution is 0.0761. The molecule has 0 N–H and O–H groups in total. The van der Waals surface area contributed by atoms with Gasteiger partial charge in [0.25, 0.3) is 5.91 Å². The van der Waals surface area contributed by atoms with E-state index < -0.39 is 0 Å². The van der Waals surface area contributed by atoms with Gasteiger partial charge in [0, 0.05) is 25.0 Å². The highest BCUT2D eigenvalue weighted by atomic mass is 35.5. The van der Waals surface area contributed by atoms with E-state index >= 15 is 0 Å². The Hall–Kier alpha value is -3.00. The molecule has 1 aromatic carbocycles. The van der Waals surface area contributed by atoms with Crippen LogP contribution in [0.25, 0.3) is 0 Å². The third-order valence-corrected chi connectivity index (χ3v) is 5.72. The predicted octanol–water partition coefficient (Wildman–Crippen LogP) is 3.80. The monoisotopic (exact) mass is 426 g/mol.